The first-order valence-electron chi connectivity index (χ1n) is 5.51. The highest BCUT2D eigenvalue weighted by molar-refractivity contribution is 9.11. The lowest BCUT2D eigenvalue weighted by Gasteiger charge is -2.12. The van der Waals surface area contributed by atoms with Gasteiger partial charge in [0.15, 0.2) is 0 Å². The van der Waals surface area contributed by atoms with E-state index >= 15 is 0 Å². The van der Waals surface area contributed by atoms with E-state index in [-0.39, 0.29) is 0 Å². The number of methoxy groups -OCH3 is 1. The fraction of sp³-hybridized carbons (Fsp3) is 0.143. The molecular weight excluding hydrogens is 358 g/mol. The fourth-order valence-electron chi connectivity index (χ4n) is 1.67. The molecule has 0 radical (unpaired) electrons. The number of halogens is 2. The van der Waals surface area contributed by atoms with Crippen molar-refractivity contribution in [2.45, 2.75) is 6.54 Å². The van der Waals surface area contributed by atoms with Crippen LogP contribution >= 0.6 is 31.9 Å². The summed E-state index contributed by atoms with van der Waals surface area (Å²) in [6, 6.07) is 14.0. The maximum Gasteiger partial charge on any atom is 0.123 e. The minimum Gasteiger partial charge on any atom is -0.496 e. The van der Waals surface area contributed by atoms with Gasteiger partial charge in [-0.15, -0.1) is 0 Å². The molecule has 0 heterocycles. The summed E-state index contributed by atoms with van der Waals surface area (Å²) in [6.07, 6.45) is 0. The molecule has 18 heavy (non-hydrogen) atoms. The molecule has 0 bridgehead atoms. The summed E-state index contributed by atoms with van der Waals surface area (Å²) < 4.78 is 7.42. The normalized spacial score (nSPS) is 10.2. The average molecular weight is 371 g/mol. The SMILES string of the molecule is COc1ccccc1CNc1cc(Br)ccc1Br. The predicted molar refractivity (Wildman–Crippen MR) is 82.2 cm³/mol. The smallest absolute Gasteiger partial charge is 0.123 e. The molecule has 2 nitrogen and oxygen atoms in total. The molecule has 0 fully saturated rings. The molecule has 0 aliphatic carbocycles. The zero-order chi connectivity index (χ0) is 13.0. The summed E-state index contributed by atoms with van der Waals surface area (Å²) in [5.41, 5.74) is 2.18. The van der Waals surface area contributed by atoms with Gasteiger partial charge in [0.1, 0.15) is 5.75 Å². The number of hydrogen-bond donors (Lipinski definition) is 1. The largest absolute Gasteiger partial charge is 0.496 e. The molecule has 0 aliphatic heterocycles. The van der Waals surface area contributed by atoms with E-state index in [1.54, 1.807) is 7.11 Å². The van der Waals surface area contributed by atoms with Gasteiger partial charge in [-0.05, 0) is 40.2 Å². The average Bonchev–Trinajstić information content (AvgIpc) is 2.40. The van der Waals surface area contributed by atoms with Crippen LogP contribution in [0.15, 0.2) is 51.4 Å². The van der Waals surface area contributed by atoms with Gasteiger partial charge in [0.05, 0.1) is 7.11 Å². The standard InChI is InChI=1S/C14H13Br2NO/c1-18-14-5-3-2-4-10(14)9-17-13-8-11(15)6-7-12(13)16/h2-8,17H,9H2,1H3. The van der Waals surface area contributed by atoms with Crippen LogP contribution in [0.3, 0.4) is 0 Å². The lowest BCUT2D eigenvalue weighted by atomic mass is 10.2. The highest BCUT2D eigenvalue weighted by Crippen LogP contribution is 2.27. The highest BCUT2D eigenvalue weighted by atomic mass is 79.9. The monoisotopic (exact) mass is 369 g/mol. The van der Waals surface area contributed by atoms with Crippen LogP contribution in [0.2, 0.25) is 0 Å². The van der Waals surface area contributed by atoms with Crippen molar-refractivity contribution in [2.24, 2.45) is 0 Å². The van der Waals surface area contributed by atoms with E-state index in [0.717, 1.165) is 32.5 Å². The molecule has 0 atom stereocenters. The zero-order valence-corrected chi connectivity index (χ0v) is 13.1. The van der Waals surface area contributed by atoms with Crippen LogP contribution in [0.1, 0.15) is 5.56 Å². The summed E-state index contributed by atoms with van der Waals surface area (Å²) in [6.45, 7) is 0.721. The van der Waals surface area contributed by atoms with Gasteiger partial charge in [-0.2, -0.15) is 0 Å². The van der Waals surface area contributed by atoms with Gasteiger partial charge >= 0.3 is 0 Å². The van der Waals surface area contributed by atoms with Crippen molar-refractivity contribution in [3.8, 4) is 5.75 Å². The predicted octanol–water partition coefficient (Wildman–Crippen LogP) is 4.83. The van der Waals surface area contributed by atoms with Crippen LogP contribution in [0.25, 0.3) is 0 Å². The summed E-state index contributed by atoms with van der Waals surface area (Å²) in [7, 11) is 1.69. The van der Waals surface area contributed by atoms with Crippen LogP contribution in [0.4, 0.5) is 5.69 Å². The van der Waals surface area contributed by atoms with Crippen LogP contribution in [-0.4, -0.2) is 7.11 Å². The molecule has 0 spiro atoms. The van der Waals surface area contributed by atoms with Crippen molar-refractivity contribution in [2.75, 3.05) is 12.4 Å². The second-order valence-corrected chi connectivity index (χ2v) is 5.56. The highest BCUT2D eigenvalue weighted by Gasteiger charge is 2.04. The summed E-state index contributed by atoms with van der Waals surface area (Å²) >= 11 is 6.99. The second kappa shape index (κ2) is 6.25. The summed E-state index contributed by atoms with van der Waals surface area (Å²) in [4.78, 5) is 0. The van der Waals surface area contributed by atoms with E-state index in [4.69, 9.17) is 4.74 Å². The number of hydrogen-bond acceptors (Lipinski definition) is 2. The molecule has 2 aromatic carbocycles. The molecule has 0 aliphatic rings. The van der Waals surface area contributed by atoms with Crippen molar-refractivity contribution in [3.63, 3.8) is 0 Å². The van der Waals surface area contributed by atoms with Crippen molar-refractivity contribution in [3.05, 3.63) is 57.0 Å². The molecular formula is C14H13Br2NO. The Morgan fingerprint density at radius 1 is 1.11 bits per heavy atom. The zero-order valence-electron chi connectivity index (χ0n) is 9.91. The molecule has 0 amide bonds. The van der Waals surface area contributed by atoms with Gasteiger partial charge in [-0.3, -0.25) is 0 Å². The topological polar surface area (TPSA) is 21.3 Å². The molecule has 94 valence electrons. The van der Waals surface area contributed by atoms with Gasteiger partial charge in [0, 0.05) is 26.7 Å². The number of benzene rings is 2. The third-order valence-corrected chi connectivity index (χ3v) is 3.77. The lowest BCUT2D eigenvalue weighted by molar-refractivity contribution is 0.410. The Morgan fingerprint density at radius 3 is 2.67 bits per heavy atom. The first kappa shape index (κ1) is 13.4. The molecule has 0 saturated heterocycles. The first-order chi connectivity index (χ1) is 8.70. The number of ether oxygens (including phenoxy) is 1. The second-order valence-electron chi connectivity index (χ2n) is 3.79. The molecule has 0 aromatic heterocycles. The van der Waals surface area contributed by atoms with Gasteiger partial charge in [-0.1, -0.05) is 34.1 Å². The third-order valence-electron chi connectivity index (χ3n) is 2.59. The molecule has 4 heteroatoms. The van der Waals surface area contributed by atoms with Gasteiger partial charge < -0.3 is 10.1 Å². The van der Waals surface area contributed by atoms with Crippen LogP contribution in [-0.2, 0) is 6.54 Å². The van der Waals surface area contributed by atoms with Gasteiger partial charge in [-0.25, -0.2) is 0 Å². The fourth-order valence-corrected chi connectivity index (χ4v) is 2.42. The van der Waals surface area contributed by atoms with Crippen molar-refractivity contribution >= 4 is 37.5 Å². The van der Waals surface area contributed by atoms with Gasteiger partial charge in [0.25, 0.3) is 0 Å². The maximum absolute atomic E-state index is 5.33. The number of para-hydroxylation sites is 1. The van der Waals surface area contributed by atoms with E-state index < -0.39 is 0 Å². The van der Waals surface area contributed by atoms with Crippen molar-refractivity contribution in [1.82, 2.24) is 0 Å². The molecule has 1 N–H and O–H groups in total. The van der Waals surface area contributed by atoms with Crippen molar-refractivity contribution in [1.29, 1.82) is 0 Å². The molecule has 2 rings (SSSR count). The van der Waals surface area contributed by atoms with Crippen LogP contribution in [0, 0.1) is 0 Å². The lowest BCUT2D eigenvalue weighted by Crippen LogP contribution is -2.02. The van der Waals surface area contributed by atoms with Crippen molar-refractivity contribution < 1.29 is 4.74 Å². The molecule has 0 saturated carbocycles. The Hall–Kier alpha value is -1.000. The van der Waals surface area contributed by atoms with Crippen LogP contribution < -0.4 is 10.1 Å². The van der Waals surface area contributed by atoms with E-state index in [0.29, 0.717) is 0 Å². The number of nitrogens with one attached hydrogen (secondary N) is 1. The Kier molecular flexibility index (Phi) is 4.66. The van der Waals surface area contributed by atoms with Crippen LogP contribution in [0.5, 0.6) is 5.75 Å². The van der Waals surface area contributed by atoms with E-state index in [9.17, 15) is 0 Å². The maximum atomic E-state index is 5.33. The Morgan fingerprint density at radius 2 is 1.89 bits per heavy atom. The van der Waals surface area contributed by atoms with E-state index in [2.05, 4.69) is 43.2 Å². The van der Waals surface area contributed by atoms with E-state index in [1.807, 2.05) is 36.4 Å². The molecule has 2 aromatic rings. The van der Waals surface area contributed by atoms with E-state index in [1.165, 1.54) is 0 Å². The third kappa shape index (κ3) is 3.27. The summed E-state index contributed by atoms with van der Waals surface area (Å²) in [5, 5.41) is 3.39. The number of rotatable bonds is 4. The Labute approximate surface area is 124 Å². The Balaban J connectivity index is 2.14. The Bertz CT molecular complexity index is 543. The minimum absolute atomic E-state index is 0.721. The molecule has 0 unspecified atom stereocenters. The quantitative estimate of drug-likeness (QED) is 0.831. The minimum atomic E-state index is 0.721. The number of anilines is 1. The first-order valence-corrected chi connectivity index (χ1v) is 7.10. The summed E-state index contributed by atoms with van der Waals surface area (Å²) in [5.74, 6) is 0.899. The van der Waals surface area contributed by atoms with Gasteiger partial charge in [0.2, 0.25) is 0 Å².